The van der Waals surface area contributed by atoms with Crippen molar-refractivity contribution in [2.45, 2.75) is 69.9 Å². The Hall–Kier alpha value is -2.44. The maximum absolute atomic E-state index is 13.4. The van der Waals surface area contributed by atoms with Crippen molar-refractivity contribution in [1.29, 1.82) is 0 Å². The van der Waals surface area contributed by atoms with Gasteiger partial charge in [0.15, 0.2) is 6.10 Å². The largest absolute Gasteiger partial charge is 0.452 e. The van der Waals surface area contributed by atoms with Gasteiger partial charge in [0.25, 0.3) is 5.91 Å². The number of nitrogens with one attached hydrogen (secondary N) is 2. The van der Waals surface area contributed by atoms with Crippen molar-refractivity contribution in [3.05, 3.63) is 29.6 Å². The first-order valence-electron chi connectivity index (χ1n) is 9.54. The quantitative estimate of drug-likeness (QED) is 0.625. The molecule has 0 unspecified atom stereocenters. The predicted octanol–water partition coefficient (Wildman–Crippen LogP) is 3.02. The fourth-order valence-electron chi connectivity index (χ4n) is 3.70. The summed E-state index contributed by atoms with van der Waals surface area (Å²) in [4.78, 5) is 36.8. The lowest BCUT2D eigenvalue weighted by molar-refractivity contribution is -0.157. The summed E-state index contributed by atoms with van der Waals surface area (Å²) in [7, 11) is 0. The van der Waals surface area contributed by atoms with Gasteiger partial charge in [-0.15, -0.1) is 0 Å². The Bertz CT molecular complexity index is 729. The number of amides is 2. The van der Waals surface area contributed by atoms with Gasteiger partial charge in [-0.05, 0) is 37.5 Å². The standard InChI is InChI=1S/C20H25FN2O4/c1-12(19(25)22-14-6-4-2-3-5-7-14)27-20(26)16-11-18(24)23-17-10-13(21)8-9-15(16)17/h8-10,12,14,16H,2-7,11H2,1H3,(H,22,25)(H,23,24)/t12-,16-/m0/s1. The van der Waals surface area contributed by atoms with Crippen LogP contribution in [0.1, 0.15) is 63.4 Å². The van der Waals surface area contributed by atoms with Crippen molar-refractivity contribution in [3.63, 3.8) is 0 Å². The van der Waals surface area contributed by atoms with Gasteiger partial charge < -0.3 is 15.4 Å². The molecule has 0 spiro atoms. The Morgan fingerprint density at radius 2 is 1.93 bits per heavy atom. The number of esters is 1. The minimum Gasteiger partial charge on any atom is -0.452 e. The molecule has 2 aliphatic rings. The topological polar surface area (TPSA) is 84.5 Å². The summed E-state index contributed by atoms with van der Waals surface area (Å²) in [5.41, 5.74) is 0.765. The van der Waals surface area contributed by atoms with Crippen LogP contribution in [-0.2, 0) is 19.1 Å². The first-order chi connectivity index (χ1) is 12.9. The number of benzene rings is 1. The van der Waals surface area contributed by atoms with E-state index in [9.17, 15) is 18.8 Å². The number of halogens is 1. The molecule has 1 fully saturated rings. The number of fused-ring (bicyclic) bond motifs is 1. The van der Waals surface area contributed by atoms with Gasteiger partial charge in [0, 0.05) is 18.2 Å². The van der Waals surface area contributed by atoms with Crippen LogP contribution in [0, 0.1) is 5.82 Å². The Labute approximate surface area is 157 Å². The third kappa shape index (κ3) is 4.84. The molecule has 3 rings (SSSR count). The number of rotatable bonds is 4. The minimum absolute atomic E-state index is 0.0889. The van der Waals surface area contributed by atoms with Gasteiger partial charge in [0.1, 0.15) is 5.82 Å². The second kappa shape index (κ2) is 8.50. The van der Waals surface area contributed by atoms with Crippen molar-refractivity contribution in [2.24, 2.45) is 0 Å². The zero-order valence-electron chi connectivity index (χ0n) is 15.4. The van der Waals surface area contributed by atoms with Gasteiger partial charge in [-0.1, -0.05) is 31.7 Å². The van der Waals surface area contributed by atoms with Crippen LogP contribution in [-0.4, -0.2) is 29.9 Å². The normalized spacial score (nSPS) is 21.4. The minimum atomic E-state index is -0.949. The van der Waals surface area contributed by atoms with E-state index in [1.807, 2.05) is 0 Å². The Balaban J connectivity index is 1.62. The highest BCUT2D eigenvalue weighted by molar-refractivity contribution is 6.00. The molecule has 146 valence electrons. The second-order valence-corrected chi connectivity index (χ2v) is 7.31. The van der Waals surface area contributed by atoms with Crippen molar-refractivity contribution >= 4 is 23.5 Å². The van der Waals surface area contributed by atoms with Gasteiger partial charge >= 0.3 is 5.97 Å². The molecule has 0 radical (unpaired) electrons. The summed E-state index contributed by atoms with van der Waals surface area (Å²) >= 11 is 0. The Kier molecular flexibility index (Phi) is 6.08. The van der Waals surface area contributed by atoms with Crippen LogP contribution in [0.25, 0.3) is 0 Å². The van der Waals surface area contributed by atoms with E-state index < -0.39 is 23.8 Å². The summed E-state index contributed by atoms with van der Waals surface area (Å²) in [5, 5.41) is 5.51. The number of carbonyl (C=O) groups excluding carboxylic acids is 3. The molecular formula is C20H25FN2O4. The van der Waals surface area contributed by atoms with E-state index in [2.05, 4.69) is 10.6 Å². The molecule has 0 bridgehead atoms. The lowest BCUT2D eigenvalue weighted by atomic mass is 9.90. The molecular weight excluding hydrogens is 351 g/mol. The van der Waals surface area contributed by atoms with Gasteiger partial charge in [-0.3, -0.25) is 14.4 Å². The summed E-state index contributed by atoms with van der Waals surface area (Å²) in [5.74, 6) is -2.71. The molecule has 1 aromatic carbocycles. The van der Waals surface area contributed by atoms with E-state index in [-0.39, 0.29) is 30.0 Å². The van der Waals surface area contributed by atoms with Crippen LogP contribution in [0.4, 0.5) is 10.1 Å². The Morgan fingerprint density at radius 1 is 1.22 bits per heavy atom. The van der Waals surface area contributed by atoms with Crippen LogP contribution in [0.15, 0.2) is 18.2 Å². The van der Waals surface area contributed by atoms with E-state index in [0.717, 1.165) is 25.7 Å². The van der Waals surface area contributed by atoms with Crippen molar-refractivity contribution < 1.29 is 23.5 Å². The molecule has 1 aliphatic heterocycles. The maximum Gasteiger partial charge on any atom is 0.314 e. The lowest BCUT2D eigenvalue weighted by Gasteiger charge is -2.26. The van der Waals surface area contributed by atoms with Crippen LogP contribution < -0.4 is 10.6 Å². The maximum atomic E-state index is 13.4. The monoisotopic (exact) mass is 376 g/mol. The third-order valence-electron chi connectivity index (χ3n) is 5.20. The van der Waals surface area contributed by atoms with Crippen LogP contribution in [0.2, 0.25) is 0 Å². The molecule has 1 saturated carbocycles. The van der Waals surface area contributed by atoms with Gasteiger partial charge in [-0.2, -0.15) is 0 Å². The fourth-order valence-corrected chi connectivity index (χ4v) is 3.70. The number of hydrogen-bond donors (Lipinski definition) is 2. The number of carbonyl (C=O) groups is 3. The molecule has 1 aliphatic carbocycles. The van der Waals surface area contributed by atoms with Crippen molar-refractivity contribution in [3.8, 4) is 0 Å². The first-order valence-corrected chi connectivity index (χ1v) is 9.54. The molecule has 0 saturated heterocycles. The number of ether oxygens (including phenoxy) is 1. The highest BCUT2D eigenvalue weighted by atomic mass is 19.1. The molecule has 1 aromatic rings. The fraction of sp³-hybridized carbons (Fsp3) is 0.550. The average Bonchev–Trinajstić information content (AvgIpc) is 2.89. The van der Waals surface area contributed by atoms with E-state index in [1.165, 1.54) is 38.0 Å². The molecule has 6 nitrogen and oxygen atoms in total. The predicted molar refractivity (Wildman–Crippen MR) is 97.6 cm³/mol. The molecule has 0 aromatic heterocycles. The van der Waals surface area contributed by atoms with E-state index in [0.29, 0.717) is 5.56 Å². The summed E-state index contributed by atoms with van der Waals surface area (Å²) in [6.07, 6.45) is 5.38. The highest BCUT2D eigenvalue weighted by Crippen LogP contribution is 2.33. The van der Waals surface area contributed by atoms with Crippen LogP contribution in [0.3, 0.4) is 0 Å². The smallest absolute Gasteiger partial charge is 0.314 e. The van der Waals surface area contributed by atoms with Crippen molar-refractivity contribution in [2.75, 3.05) is 5.32 Å². The van der Waals surface area contributed by atoms with E-state index >= 15 is 0 Å². The zero-order chi connectivity index (χ0) is 19.4. The van der Waals surface area contributed by atoms with Gasteiger partial charge in [0.05, 0.1) is 5.92 Å². The molecule has 2 N–H and O–H groups in total. The van der Waals surface area contributed by atoms with E-state index in [4.69, 9.17) is 4.74 Å². The average molecular weight is 376 g/mol. The second-order valence-electron chi connectivity index (χ2n) is 7.31. The summed E-state index contributed by atoms with van der Waals surface area (Å²) in [6.45, 7) is 1.53. The zero-order valence-corrected chi connectivity index (χ0v) is 15.4. The summed E-state index contributed by atoms with van der Waals surface area (Å²) < 4.78 is 18.7. The van der Waals surface area contributed by atoms with Crippen LogP contribution >= 0.6 is 0 Å². The molecule has 27 heavy (non-hydrogen) atoms. The lowest BCUT2D eigenvalue weighted by Crippen LogP contribution is -2.42. The van der Waals surface area contributed by atoms with Crippen LogP contribution in [0.5, 0.6) is 0 Å². The molecule has 7 heteroatoms. The van der Waals surface area contributed by atoms with Crippen molar-refractivity contribution in [1.82, 2.24) is 5.32 Å². The highest BCUT2D eigenvalue weighted by Gasteiger charge is 2.34. The summed E-state index contributed by atoms with van der Waals surface area (Å²) in [6, 6.07) is 3.99. The molecule has 2 amide bonds. The molecule has 1 heterocycles. The van der Waals surface area contributed by atoms with E-state index in [1.54, 1.807) is 0 Å². The number of hydrogen-bond acceptors (Lipinski definition) is 4. The SMILES string of the molecule is C[C@H](OC(=O)[C@H]1CC(=O)Nc2cc(F)ccc21)C(=O)NC1CCCCCC1. The third-order valence-corrected chi connectivity index (χ3v) is 5.20. The van der Waals surface area contributed by atoms with Gasteiger partial charge in [0.2, 0.25) is 5.91 Å². The first kappa shape index (κ1) is 19.3. The van der Waals surface area contributed by atoms with Gasteiger partial charge in [-0.25, -0.2) is 4.39 Å². The molecule has 2 atom stereocenters. The Morgan fingerprint density at radius 3 is 2.63 bits per heavy atom. The number of anilines is 1.